The van der Waals surface area contributed by atoms with Crippen molar-refractivity contribution >= 4 is 28.9 Å². The van der Waals surface area contributed by atoms with E-state index < -0.39 is 0 Å². The summed E-state index contributed by atoms with van der Waals surface area (Å²) >= 11 is 5.93. The molecule has 0 unspecified atom stereocenters. The lowest BCUT2D eigenvalue weighted by Crippen LogP contribution is -2.19. The number of hydrogen-bond acceptors (Lipinski definition) is 4. The number of hydrogen-bond donors (Lipinski definition) is 2. The highest BCUT2D eigenvalue weighted by molar-refractivity contribution is 6.34. The van der Waals surface area contributed by atoms with Crippen LogP contribution in [0.1, 0.15) is 0 Å². The number of nitrogens with one attached hydrogen (secondary N) is 1. The lowest BCUT2D eigenvalue weighted by Gasteiger charge is -2.07. The van der Waals surface area contributed by atoms with E-state index in [2.05, 4.69) is 15.4 Å². The number of nitrogens with zero attached hydrogens (tertiary/aromatic N) is 3. The van der Waals surface area contributed by atoms with Gasteiger partial charge < -0.3 is 11.1 Å². The van der Waals surface area contributed by atoms with Crippen molar-refractivity contribution in [3.63, 3.8) is 0 Å². The lowest BCUT2D eigenvalue weighted by atomic mass is 10.3. The molecule has 1 aromatic heterocycles. The van der Waals surface area contributed by atoms with Crippen LogP contribution >= 0.6 is 11.6 Å². The van der Waals surface area contributed by atoms with E-state index in [1.165, 1.54) is 17.3 Å². The van der Waals surface area contributed by atoms with Gasteiger partial charge in [0.2, 0.25) is 5.91 Å². The summed E-state index contributed by atoms with van der Waals surface area (Å²) in [7, 11) is 0. The van der Waals surface area contributed by atoms with Gasteiger partial charge in [0.15, 0.2) is 0 Å². The van der Waals surface area contributed by atoms with Gasteiger partial charge in [0.1, 0.15) is 19.2 Å². The smallest absolute Gasteiger partial charge is 0.246 e. The Morgan fingerprint density at radius 1 is 1.53 bits per heavy atom. The third kappa shape index (κ3) is 2.94. The summed E-state index contributed by atoms with van der Waals surface area (Å²) in [5.74, 6) is -0.234. The predicted octanol–water partition coefficient (Wildman–Crippen LogP) is 1.15. The lowest BCUT2D eigenvalue weighted by molar-refractivity contribution is -0.116. The molecular formula is C10H10ClN5O. The molecule has 0 bridgehead atoms. The van der Waals surface area contributed by atoms with E-state index in [9.17, 15) is 4.79 Å². The average molecular weight is 252 g/mol. The first-order valence-electron chi connectivity index (χ1n) is 4.82. The summed E-state index contributed by atoms with van der Waals surface area (Å²) in [4.78, 5) is 15.4. The number of rotatable bonds is 3. The molecule has 2 rings (SSSR count). The fraction of sp³-hybridized carbons (Fsp3) is 0.100. The molecule has 0 atom stereocenters. The van der Waals surface area contributed by atoms with E-state index in [0.29, 0.717) is 16.4 Å². The van der Waals surface area contributed by atoms with Crippen LogP contribution in [0, 0.1) is 0 Å². The first-order chi connectivity index (χ1) is 8.15. The molecule has 88 valence electrons. The quantitative estimate of drug-likeness (QED) is 0.802. The Morgan fingerprint density at radius 3 is 3.00 bits per heavy atom. The van der Waals surface area contributed by atoms with E-state index in [-0.39, 0.29) is 12.5 Å². The molecule has 0 aliphatic heterocycles. The fourth-order valence-electron chi connectivity index (χ4n) is 1.28. The van der Waals surface area contributed by atoms with Crippen molar-refractivity contribution in [2.24, 2.45) is 0 Å². The summed E-state index contributed by atoms with van der Waals surface area (Å²) in [6, 6.07) is 4.89. The molecular weight excluding hydrogens is 242 g/mol. The van der Waals surface area contributed by atoms with Crippen molar-refractivity contribution in [1.29, 1.82) is 0 Å². The van der Waals surface area contributed by atoms with Crippen molar-refractivity contribution in [3.8, 4) is 0 Å². The van der Waals surface area contributed by atoms with Crippen molar-refractivity contribution in [3.05, 3.63) is 35.9 Å². The first kappa shape index (κ1) is 11.4. The zero-order valence-corrected chi connectivity index (χ0v) is 9.55. The van der Waals surface area contributed by atoms with Gasteiger partial charge in [-0.3, -0.25) is 4.79 Å². The van der Waals surface area contributed by atoms with E-state index in [1.54, 1.807) is 18.2 Å². The number of nitrogen functional groups attached to an aromatic ring is 1. The second kappa shape index (κ2) is 4.84. The molecule has 0 saturated carbocycles. The molecule has 0 radical (unpaired) electrons. The largest absolute Gasteiger partial charge is 0.399 e. The van der Waals surface area contributed by atoms with Gasteiger partial charge in [-0.2, -0.15) is 5.10 Å². The first-order valence-corrected chi connectivity index (χ1v) is 5.20. The molecule has 1 aromatic carbocycles. The molecule has 0 aliphatic rings. The normalized spacial score (nSPS) is 10.2. The standard InChI is InChI=1S/C10H10ClN5O/c11-8-3-7(12)1-2-9(8)15-10(17)4-16-6-13-5-14-16/h1-3,5-6H,4,12H2,(H,15,17). The summed E-state index contributed by atoms with van der Waals surface area (Å²) in [5.41, 5.74) is 6.61. The van der Waals surface area contributed by atoms with Gasteiger partial charge in [-0.1, -0.05) is 11.6 Å². The van der Waals surface area contributed by atoms with E-state index in [0.717, 1.165) is 0 Å². The number of carbonyl (C=O) groups excluding carboxylic acids is 1. The molecule has 7 heteroatoms. The Kier molecular flexibility index (Phi) is 3.24. The monoisotopic (exact) mass is 251 g/mol. The minimum atomic E-state index is -0.234. The number of nitrogens with two attached hydrogens (primary N) is 1. The summed E-state index contributed by atoms with van der Waals surface area (Å²) in [5, 5.41) is 6.89. The number of benzene rings is 1. The third-order valence-corrected chi connectivity index (χ3v) is 2.35. The van der Waals surface area contributed by atoms with Crippen LogP contribution in [-0.2, 0) is 11.3 Å². The van der Waals surface area contributed by atoms with Gasteiger partial charge in [-0.05, 0) is 18.2 Å². The van der Waals surface area contributed by atoms with E-state index >= 15 is 0 Å². The van der Waals surface area contributed by atoms with Crippen LogP contribution in [0.25, 0.3) is 0 Å². The number of amides is 1. The molecule has 0 aliphatic carbocycles. The zero-order valence-electron chi connectivity index (χ0n) is 8.80. The Hall–Kier alpha value is -2.08. The summed E-state index contributed by atoms with van der Waals surface area (Å²) in [6.45, 7) is 0.0840. The minimum Gasteiger partial charge on any atom is -0.399 e. The Balaban J connectivity index is 2.03. The SMILES string of the molecule is Nc1ccc(NC(=O)Cn2cncn2)c(Cl)c1. The van der Waals surface area contributed by atoms with Gasteiger partial charge >= 0.3 is 0 Å². The van der Waals surface area contributed by atoms with Crippen LogP contribution < -0.4 is 11.1 Å². The molecule has 0 saturated heterocycles. The van der Waals surface area contributed by atoms with Crippen molar-refractivity contribution in [2.45, 2.75) is 6.54 Å². The van der Waals surface area contributed by atoms with Gasteiger partial charge in [0, 0.05) is 5.69 Å². The molecule has 1 heterocycles. The highest BCUT2D eigenvalue weighted by Gasteiger charge is 2.07. The molecule has 3 N–H and O–H groups in total. The second-order valence-electron chi connectivity index (χ2n) is 3.38. The van der Waals surface area contributed by atoms with Crippen LogP contribution in [0.2, 0.25) is 5.02 Å². The highest BCUT2D eigenvalue weighted by atomic mass is 35.5. The van der Waals surface area contributed by atoms with Gasteiger partial charge in [-0.15, -0.1) is 0 Å². The van der Waals surface area contributed by atoms with Crippen LogP contribution in [-0.4, -0.2) is 20.7 Å². The molecule has 17 heavy (non-hydrogen) atoms. The fourth-order valence-corrected chi connectivity index (χ4v) is 1.52. The van der Waals surface area contributed by atoms with Gasteiger partial charge in [0.05, 0.1) is 10.7 Å². The number of carbonyl (C=O) groups is 1. The Labute approximate surface area is 102 Å². The van der Waals surface area contributed by atoms with Crippen LogP contribution in [0.15, 0.2) is 30.9 Å². The number of anilines is 2. The highest BCUT2D eigenvalue weighted by Crippen LogP contribution is 2.23. The van der Waals surface area contributed by atoms with E-state index in [1.807, 2.05) is 0 Å². The van der Waals surface area contributed by atoms with E-state index in [4.69, 9.17) is 17.3 Å². The van der Waals surface area contributed by atoms with Gasteiger partial charge in [0.25, 0.3) is 0 Å². The summed E-state index contributed by atoms with van der Waals surface area (Å²) in [6.07, 6.45) is 2.83. The molecule has 6 nitrogen and oxygen atoms in total. The predicted molar refractivity (Wildman–Crippen MR) is 64.5 cm³/mol. The van der Waals surface area contributed by atoms with Crippen LogP contribution in [0.4, 0.5) is 11.4 Å². The molecule has 0 spiro atoms. The zero-order chi connectivity index (χ0) is 12.3. The average Bonchev–Trinajstić information content (AvgIpc) is 2.75. The number of aromatic nitrogens is 3. The maximum absolute atomic E-state index is 11.6. The molecule has 2 aromatic rings. The van der Waals surface area contributed by atoms with Crippen molar-refractivity contribution in [1.82, 2.24) is 14.8 Å². The van der Waals surface area contributed by atoms with Gasteiger partial charge in [-0.25, -0.2) is 9.67 Å². The third-order valence-electron chi connectivity index (χ3n) is 2.04. The topological polar surface area (TPSA) is 85.8 Å². The Bertz CT molecular complexity index is 525. The maximum atomic E-state index is 11.6. The van der Waals surface area contributed by atoms with Crippen molar-refractivity contribution < 1.29 is 4.79 Å². The Morgan fingerprint density at radius 2 is 2.35 bits per heavy atom. The molecule has 0 fully saturated rings. The van der Waals surface area contributed by atoms with Crippen LogP contribution in [0.5, 0.6) is 0 Å². The maximum Gasteiger partial charge on any atom is 0.246 e. The summed E-state index contributed by atoms with van der Waals surface area (Å²) < 4.78 is 1.42. The van der Waals surface area contributed by atoms with Crippen molar-refractivity contribution in [2.75, 3.05) is 11.1 Å². The van der Waals surface area contributed by atoms with Crippen LogP contribution in [0.3, 0.4) is 0 Å². The molecule has 1 amide bonds. The minimum absolute atomic E-state index is 0.0840. The second-order valence-corrected chi connectivity index (χ2v) is 3.79. The number of halogens is 1.